The molecule has 0 radical (unpaired) electrons. The Labute approximate surface area is 162 Å². The number of carbonyl (C=O) groups is 1. The van der Waals surface area contributed by atoms with Crippen molar-refractivity contribution in [3.05, 3.63) is 52.7 Å². The van der Waals surface area contributed by atoms with Gasteiger partial charge in [-0.3, -0.25) is 0 Å². The largest absolute Gasteiger partial charge is 0.463 e. The van der Waals surface area contributed by atoms with Crippen LogP contribution in [0.3, 0.4) is 0 Å². The first-order valence-corrected chi connectivity index (χ1v) is 9.42. The van der Waals surface area contributed by atoms with Crippen LogP contribution in [-0.4, -0.2) is 45.4 Å². The molecule has 142 valence electrons. The van der Waals surface area contributed by atoms with Gasteiger partial charge in [-0.15, -0.1) is 12.4 Å². The van der Waals surface area contributed by atoms with Gasteiger partial charge in [-0.25, -0.2) is 13.2 Å². The monoisotopic (exact) mass is 420 g/mol. The van der Waals surface area contributed by atoms with Gasteiger partial charge in [-0.05, 0) is 23.8 Å². The fourth-order valence-electron chi connectivity index (χ4n) is 2.77. The Kier molecular flexibility index (Phi) is 6.70. The van der Waals surface area contributed by atoms with Crippen LogP contribution in [0.5, 0.6) is 0 Å². The molecule has 1 fully saturated rings. The number of nitrogens with one attached hydrogen (secondary N) is 1. The van der Waals surface area contributed by atoms with E-state index in [4.69, 9.17) is 16.0 Å². The maximum Gasteiger partial charge on any atom is 0.374 e. The molecule has 1 aliphatic heterocycles. The molecule has 1 aromatic carbocycles. The first-order chi connectivity index (χ1) is 11.9. The van der Waals surface area contributed by atoms with E-state index in [0.717, 1.165) is 0 Å². The minimum Gasteiger partial charge on any atom is -0.463 e. The van der Waals surface area contributed by atoms with E-state index in [1.807, 2.05) is 6.07 Å². The number of nitrogens with zero attached hydrogens (tertiary/aromatic N) is 1. The predicted octanol–water partition coefficient (Wildman–Crippen LogP) is 2.48. The maximum absolute atomic E-state index is 13.0. The first-order valence-electron chi connectivity index (χ1n) is 7.60. The normalized spacial score (nSPS) is 18.2. The summed E-state index contributed by atoms with van der Waals surface area (Å²) in [5.41, 5.74) is 0.708. The number of hydrogen-bond donors (Lipinski definition) is 1. The molecule has 0 aliphatic carbocycles. The number of furan rings is 1. The van der Waals surface area contributed by atoms with Gasteiger partial charge in [-0.2, -0.15) is 4.31 Å². The molecule has 0 amide bonds. The van der Waals surface area contributed by atoms with Gasteiger partial charge >= 0.3 is 5.97 Å². The van der Waals surface area contributed by atoms with E-state index in [1.54, 1.807) is 18.2 Å². The zero-order chi connectivity index (χ0) is 18.0. The van der Waals surface area contributed by atoms with E-state index < -0.39 is 22.0 Å². The van der Waals surface area contributed by atoms with Gasteiger partial charge < -0.3 is 14.5 Å². The van der Waals surface area contributed by atoms with Gasteiger partial charge in [0.25, 0.3) is 10.0 Å². The van der Waals surface area contributed by atoms with Crippen molar-refractivity contribution in [2.75, 3.05) is 26.7 Å². The summed E-state index contributed by atoms with van der Waals surface area (Å²) < 4.78 is 37.1. The number of hydrogen-bond acceptors (Lipinski definition) is 6. The topological polar surface area (TPSA) is 88.9 Å². The Morgan fingerprint density at radius 3 is 2.73 bits per heavy atom. The molecule has 1 atom stereocenters. The number of methoxy groups -OCH3 is 1. The quantitative estimate of drug-likeness (QED) is 0.764. The number of carbonyl (C=O) groups excluding carboxylic acids is 1. The van der Waals surface area contributed by atoms with E-state index in [2.05, 4.69) is 10.1 Å². The molecule has 1 aromatic heterocycles. The summed E-state index contributed by atoms with van der Waals surface area (Å²) in [5.74, 6) is -0.894. The summed E-state index contributed by atoms with van der Waals surface area (Å²) in [5, 5.41) is 3.37. The summed E-state index contributed by atoms with van der Waals surface area (Å²) in [7, 11) is -2.74. The molecular weight excluding hydrogens is 403 g/mol. The SMILES string of the molecule is COC(=O)c1ccc(S(=O)(=O)N2CCNCC2c2ccccc2Cl)o1.Cl. The second kappa shape index (κ2) is 8.41. The number of sulfonamides is 1. The minimum absolute atomic E-state index is 0. The van der Waals surface area contributed by atoms with Gasteiger partial charge in [0.15, 0.2) is 0 Å². The summed E-state index contributed by atoms with van der Waals surface area (Å²) in [6.45, 7) is 1.19. The molecule has 26 heavy (non-hydrogen) atoms. The Bertz CT molecular complexity index is 884. The summed E-state index contributed by atoms with van der Waals surface area (Å²) >= 11 is 6.25. The maximum atomic E-state index is 13.0. The molecule has 1 N–H and O–H groups in total. The highest BCUT2D eigenvalue weighted by atomic mass is 35.5. The lowest BCUT2D eigenvalue weighted by molar-refractivity contribution is 0.0558. The van der Waals surface area contributed by atoms with E-state index in [9.17, 15) is 13.2 Å². The summed E-state index contributed by atoms with van der Waals surface area (Å²) in [6, 6.07) is 9.18. The zero-order valence-corrected chi connectivity index (χ0v) is 16.2. The average Bonchev–Trinajstić information content (AvgIpc) is 3.12. The van der Waals surface area contributed by atoms with Crippen molar-refractivity contribution in [3.63, 3.8) is 0 Å². The van der Waals surface area contributed by atoms with Crippen molar-refractivity contribution < 1.29 is 22.4 Å². The van der Waals surface area contributed by atoms with Gasteiger partial charge in [0.05, 0.1) is 13.2 Å². The summed E-state index contributed by atoms with van der Waals surface area (Å²) in [4.78, 5) is 11.5. The molecule has 10 heteroatoms. The van der Waals surface area contributed by atoms with Crippen molar-refractivity contribution >= 4 is 40.0 Å². The lowest BCUT2D eigenvalue weighted by Gasteiger charge is -2.35. The number of rotatable bonds is 4. The first kappa shape index (κ1) is 20.7. The third-order valence-electron chi connectivity index (χ3n) is 3.99. The Morgan fingerprint density at radius 1 is 1.31 bits per heavy atom. The highest BCUT2D eigenvalue weighted by Crippen LogP contribution is 2.33. The number of halogens is 2. The second-order valence-corrected chi connectivity index (χ2v) is 7.70. The van der Waals surface area contributed by atoms with E-state index in [1.165, 1.54) is 23.5 Å². The molecule has 1 unspecified atom stereocenters. The van der Waals surface area contributed by atoms with Crippen molar-refractivity contribution in [1.29, 1.82) is 0 Å². The van der Waals surface area contributed by atoms with Crippen LogP contribution in [0.2, 0.25) is 5.02 Å². The highest BCUT2D eigenvalue weighted by Gasteiger charge is 2.37. The van der Waals surface area contributed by atoms with E-state index in [0.29, 0.717) is 23.7 Å². The fourth-order valence-corrected chi connectivity index (χ4v) is 4.55. The van der Waals surface area contributed by atoms with Crippen molar-refractivity contribution in [1.82, 2.24) is 9.62 Å². The van der Waals surface area contributed by atoms with Crippen molar-refractivity contribution in [2.24, 2.45) is 0 Å². The molecule has 1 aliphatic rings. The second-order valence-electron chi connectivity index (χ2n) is 5.47. The molecule has 0 saturated carbocycles. The third kappa shape index (κ3) is 3.89. The van der Waals surface area contributed by atoms with Gasteiger partial charge in [0.1, 0.15) is 0 Å². The fraction of sp³-hybridized carbons (Fsp3) is 0.312. The molecule has 1 saturated heterocycles. The van der Waals surface area contributed by atoms with Gasteiger partial charge in [0, 0.05) is 24.7 Å². The van der Waals surface area contributed by atoms with Crippen LogP contribution >= 0.6 is 24.0 Å². The van der Waals surface area contributed by atoms with Gasteiger partial charge in [0.2, 0.25) is 10.9 Å². The predicted molar refractivity (Wildman–Crippen MR) is 98.3 cm³/mol. The molecule has 0 spiro atoms. The van der Waals surface area contributed by atoms with E-state index >= 15 is 0 Å². The Balaban J connectivity index is 0.00000243. The van der Waals surface area contributed by atoms with E-state index in [-0.39, 0.29) is 29.8 Å². The highest BCUT2D eigenvalue weighted by molar-refractivity contribution is 7.89. The molecular formula is C16H18Cl2N2O5S. The van der Waals surface area contributed by atoms with Crippen molar-refractivity contribution in [3.8, 4) is 0 Å². The van der Waals surface area contributed by atoms with Crippen LogP contribution in [0, 0.1) is 0 Å². The van der Waals surface area contributed by atoms with Crippen LogP contribution in [0.25, 0.3) is 0 Å². The molecule has 0 bridgehead atoms. The zero-order valence-electron chi connectivity index (χ0n) is 13.8. The number of esters is 1. The smallest absolute Gasteiger partial charge is 0.374 e. The summed E-state index contributed by atoms with van der Waals surface area (Å²) in [6.07, 6.45) is 0. The van der Waals surface area contributed by atoms with Crippen LogP contribution in [0.1, 0.15) is 22.2 Å². The Morgan fingerprint density at radius 2 is 2.04 bits per heavy atom. The molecule has 3 rings (SSSR count). The van der Waals surface area contributed by atoms with Gasteiger partial charge in [-0.1, -0.05) is 29.8 Å². The van der Waals surface area contributed by atoms with Crippen LogP contribution in [-0.2, 0) is 14.8 Å². The standard InChI is InChI=1S/C16H17ClN2O5S.ClH/c1-23-16(20)14-6-7-15(24-14)25(21,22)19-9-8-18-10-13(19)11-4-2-3-5-12(11)17;/h2-7,13,18H,8-10H2,1H3;1H. The lowest BCUT2D eigenvalue weighted by atomic mass is 10.1. The van der Waals surface area contributed by atoms with Crippen LogP contribution in [0.4, 0.5) is 0 Å². The average molecular weight is 421 g/mol. The molecule has 2 heterocycles. The van der Waals surface area contributed by atoms with Crippen molar-refractivity contribution in [2.45, 2.75) is 11.1 Å². The molecule has 2 aromatic rings. The Hall–Kier alpha value is -1.58. The number of ether oxygens (including phenoxy) is 1. The minimum atomic E-state index is -3.94. The van der Waals surface area contributed by atoms with Crippen LogP contribution in [0.15, 0.2) is 45.9 Å². The van der Waals surface area contributed by atoms with Crippen LogP contribution < -0.4 is 5.32 Å². The lowest BCUT2D eigenvalue weighted by Crippen LogP contribution is -2.48. The number of benzene rings is 1. The number of piperazine rings is 1. The molecule has 7 nitrogen and oxygen atoms in total. The third-order valence-corrected chi connectivity index (χ3v) is 6.12.